The highest BCUT2D eigenvalue weighted by molar-refractivity contribution is 7.90. The summed E-state index contributed by atoms with van der Waals surface area (Å²) in [5.41, 5.74) is 0.482. The van der Waals surface area contributed by atoms with Crippen LogP contribution in [0.25, 0.3) is 0 Å². The number of carbonyl (C=O) groups is 1. The number of nitrogens with two attached hydrogens (primary N) is 1. The van der Waals surface area contributed by atoms with Crippen LogP contribution in [0.5, 0.6) is 0 Å². The normalized spacial score (nSPS) is 21.8. The van der Waals surface area contributed by atoms with Gasteiger partial charge in [-0.3, -0.25) is 10.00 Å². The van der Waals surface area contributed by atoms with Crippen LogP contribution in [0, 0.1) is 5.92 Å². The summed E-state index contributed by atoms with van der Waals surface area (Å²) in [6, 6.07) is -0.515. The number of amides is 2. The van der Waals surface area contributed by atoms with Crippen molar-refractivity contribution < 1.29 is 13.2 Å². The molecule has 0 spiro atoms. The van der Waals surface area contributed by atoms with Crippen LogP contribution in [0.15, 0.2) is 30.3 Å². The van der Waals surface area contributed by atoms with Crippen LogP contribution in [0.4, 0.5) is 10.7 Å². The van der Waals surface area contributed by atoms with Crippen molar-refractivity contribution in [3.8, 4) is 0 Å². The van der Waals surface area contributed by atoms with E-state index in [0.717, 1.165) is 0 Å². The zero-order valence-corrected chi connectivity index (χ0v) is 12.3. The molecule has 2 unspecified atom stereocenters. The Kier molecular flexibility index (Phi) is 4.09. The lowest BCUT2D eigenvalue weighted by Gasteiger charge is -2.21. The molecular formula is C11H16N6O3S. The lowest BCUT2D eigenvalue weighted by Crippen LogP contribution is -2.35. The number of anilines is 1. The van der Waals surface area contributed by atoms with E-state index in [1.807, 2.05) is 0 Å². The van der Waals surface area contributed by atoms with Gasteiger partial charge in [-0.15, -0.1) is 5.10 Å². The van der Waals surface area contributed by atoms with E-state index in [1.54, 1.807) is 20.0 Å². The van der Waals surface area contributed by atoms with Crippen molar-refractivity contribution >= 4 is 22.0 Å². The van der Waals surface area contributed by atoms with Crippen LogP contribution < -0.4 is 15.8 Å². The molecule has 2 atom stereocenters. The molecular weight excluding hydrogens is 296 g/mol. The molecule has 1 aliphatic carbocycles. The van der Waals surface area contributed by atoms with Crippen molar-refractivity contribution in [2.45, 2.75) is 12.2 Å². The summed E-state index contributed by atoms with van der Waals surface area (Å²) in [5.74, 6) is -0.167. The van der Waals surface area contributed by atoms with E-state index in [4.69, 9.17) is 5.14 Å². The van der Waals surface area contributed by atoms with E-state index < -0.39 is 21.3 Å². The van der Waals surface area contributed by atoms with Gasteiger partial charge >= 0.3 is 6.03 Å². The van der Waals surface area contributed by atoms with Crippen LogP contribution in [-0.2, 0) is 17.1 Å². The van der Waals surface area contributed by atoms with E-state index >= 15 is 0 Å². The van der Waals surface area contributed by atoms with Gasteiger partial charge in [-0.1, -0.05) is 19.1 Å². The van der Waals surface area contributed by atoms with Gasteiger partial charge in [-0.25, -0.2) is 23.3 Å². The number of hydrogen-bond donors (Lipinski definition) is 3. The second kappa shape index (κ2) is 5.66. The van der Waals surface area contributed by atoms with Gasteiger partial charge in [0.2, 0.25) is 16.0 Å². The standard InChI is InChI=1S/C11H16N6O3S/c1-7-5-8(3-4-9(7)21(12,19)20)14-11(18)15-10-13-6-17(2)16-10/h3-7,9H,1-2H3,(H2,12,19,20)(H2,14,15,16,18). The molecule has 0 bridgehead atoms. The fourth-order valence-electron chi connectivity index (χ4n) is 1.96. The number of aryl methyl sites for hydroxylation is 1. The van der Waals surface area contributed by atoms with Crippen LogP contribution in [0.1, 0.15) is 6.92 Å². The maximum absolute atomic E-state index is 11.7. The Balaban J connectivity index is 1.98. The van der Waals surface area contributed by atoms with Gasteiger partial charge in [0.05, 0.1) is 5.25 Å². The first-order chi connectivity index (χ1) is 9.75. The second-order valence-electron chi connectivity index (χ2n) is 4.71. The molecule has 0 radical (unpaired) electrons. The molecule has 0 saturated heterocycles. The van der Waals surface area contributed by atoms with Crippen LogP contribution in [0.3, 0.4) is 0 Å². The topological polar surface area (TPSA) is 132 Å². The smallest absolute Gasteiger partial charge is 0.308 e. The second-order valence-corrected chi connectivity index (χ2v) is 6.44. The molecule has 9 nitrogen and oxygen atoms in total. The summed E-state index contributed by atoms with van der Waals surface area (Å²) in [6.45, 7) is 1.71. The van der Waals surface area contributed by atoms with Crippen molar-refractivity contribution in [1.82, 2.24) is 20.1 Å². The molecule has 2 rings (SSSR count). The Morgan fingerprint density at radius 2 is 2.14 bits per heavy atom. The predicted molar refractivity (Wildman–Crippen MR) is 76.4 cm³/mol. The zero-order valence-electron chi connectivity index (χ0n) is 11.5. The molecule has 0 saturated carbocycles. The first-order valence-electron chi connectivity index (χ1n) is 6.11. The molecule has 21 heavy (non-hydrogen) atoms. The number of allylic oxidation sites excluding steroid dienone is 2. The van der Waals surface area contributed by atoms with Crippen LogP contribution >= 0.6 is 0 Å². The van der Waals surface area contributed by atoms with E-state index in [1.165, 1.54) is 23.2 Å². The predicted octanol–water partition coefficient (Wildman–Crippen LogP) is -0.316. The van der Waals surface area contributed by atoms with Gasteiger partial charge in [-0.05, 0) is 12.0 Å². The summed E-state index contributed by atoms with van der Waals surface area (Å²) in [4.78, 5) is 15.6. The Morgan fingerprint density at radius 3 is 2.67 bits per heavy atom. The molecule has 1 aromatic rings. The summed E-state index contributed by atoms with van der Waals surface area (Å²) < 4.78 is 24.1. The Labute approximate surface area is 122 Å². The highest BCUT2D eigenvalue weighted by Crippen LogP contribution is 2.20. The largest absolute Gasteiger partial charge is 0.326 e. The SMILES string of the molecule is CC1C=C(NC(=O)Nc2ncn(C)n2)C=CC1S(N)(=O)=O. The Morgan fingerprint density at radius 1 is 1.43 bits per heavy atom. The van der Waals surface area contributed by atoms with Gasteiger partial charge in [0, 0.05) is 12.7 Å². The Bertz CT molecular complexity index is 705. The van der Waals surface area contributed by atoms with Crippen molar-refractivity contribution in [3.63, 3.8) is 0 Å². The minimum atomic E-state index is -3.66. The highest BCUT2D eigenvalue weighted by Gasteiger charge is 2.27. The van der Waals surface area contributed by atoms with Crippen molar-refractivity contribution in [2.75, 3.05) is 5.32 Å². The van der Waals surface area contributed by atoms with Gasteiger partial charge < -0.3 is 5.32 Å². The van der Waals surface area contributed by atoms with Crippen molar-refractivity contribution in [1.29, 1.82) is 0 Å². The number of nitrogens with one attached hydrogen (secondary N) is 2. The molecule has 0 fully saturated rings. The molecule has 2 amide bonds. The zero-order chi connectivity index (χ0) is 15.6. The first kappa shape index (κ1) is 15.2. The van der Waals surface area contributed by atoms with E-state index in [9.17, 15) is 13.2 Å². The molecule has 1 aromatic heterocycles. The minimum Gasteiger partial charge on any atom is -0.308 e. The number of nitrogens with zero attached hydrogens (tertiary/aromatic N) is 3. The number of primary sulfonamides is 1. The molecule has 4 N–H and O–H groups in total. The maximum Gasteiger partial charge on any atom is 0.326 e. The fraction of sp³-hybridized carbons (Fsp3) is 0.364. The third-order valence-electron chi connectivity index (χ3n) is 2.89. The molecule has 114 valence electrons. The third-order valence-corrected chi connectivity index (χ3v) is 4.23. The maximum atomic E-state index is 11.7. The first-order valence-corrected chi connectivity index (χ1v) is 7.72. The lowest BCUT2D eigenvalue weighted by atomic mass is 10.0. The highest BCUT2D eigenvalue weighted by atomic mass is 32.2. The molecule has 1 heterocycles. The van der Waals surface area contributed by atoms with Gasteiger partial charge in [0.25, 0.3) is 0 Å². The van der Waals surface area contributed by atoms with E-state index in [2.05, 4.69) is 20.7 Å². The minimum absolute atomic E-state index is 0.172. The van der Waals surface area contributed by atoms with Crippen LogP contribution in [-0.4, -0.2) is 34.5 Å². The monoisotopic (exact) mass is 312 g/mol. The average Bonchev–Trinajstić information content (AvgIpc) is 2.72. The molecule has 1 aliphatic rings. The van der Waals surface area contributed by atoms with Gasteiger partial charge in [0.1, 0.15) is 6.33 Å². The number of hydrogen-bond acceptors (Lipinski definition) is 5. The number of aromatic nitrogens is 3. The van der Waals surface area contributed by atoms with E-state index in [-0.39, 0.29) is 11.9 Å². The van der Waals surface area contributed by atoms with Crippen molar-refractivity contribution in [2.24, 2.45) is 18.1 Å². The number of sulfonamides is 1. The molecule has 0 aromatic carbocycles. The quantitative estimate of drug-likeness (QED) is 0.704. The molecule has 0 aliphatic heterocycles. The third kappa shape index (κ3) is 3.89. The lowest BCUT2D eigenvalue weighted by molar-refractivity contribution is 0.254. The van der Waals surface area contributed by atoms with Crippen molar-refractivity contribution in [3.05, 3.63) is 30.3 Å². The number of carbonyl (C=O) groups excluding carboxylic acids is 1. The fourth-order valence-corrected chi connectivity index (χ4v) is 2.93. The summed E-state index contributed by atoms with van der Waals surface area (Å²) >= 11 is 0. The summed E-state index contributed by atoms with van der Waals surface area (Å²) in [7, 11) is -1.98. The average molecular weight is 312 g/mol. The van der Waals surface area contributed by atoms with Gasteiger partial charge in [0.15, 0.2) is 0 Å². The summed E-state index contributed by atoms with van der Waals surface area (Å²) in [5, 5.41) is 13.3. The number of urea groups is 1. The summed E-state index contributed by atoms with van der Waals surface area (Å²) in [6.07, 6.45) is 6.03. The van der Waals surface area contributed by atoms with Gasteiger partial charge in [-0.2, -0.15) is 0 Å². The van der Waals surface area contributed by atoms with E-state index in [0.29, 0.717) is 5.70 Å². The number of rotatable bonds is 3. The van der Waals surface area contributed by atoms with Crippen LogP contribution in [0.2, 0.25) is 0 Å². The Hall–Kier alpha value is -2.20. The molecule has 10 heteroatoms.